The van der Waals surface area contributed by atoms with Gasteiger partial charge in [-0.05, 0) is 55.5 Å². The summed E-state index contributed by atoms with van der Waals surface area (Å²) in [6, 6.07) is 14.1. The van der Waals surface area contributed by atoms with Crippen molar-refractivity contribution in [2.24, 2.45) is 0 Å². The van der Waals surface area contributed by atoms with E-state index in [4.69, 9.17) is 16.3 Å². The lowest BCUT2D eigenvalue weighted by Gasteiger charge is -2.20. The van der Waals surface area contributed by atoms with Crippen molar-refractivity contribution in [1.82, 2.24) is 5.32 Å². The molecule has 5 nitrogen and oxygen atoms in total. The minimum Gasteiger partial charge on any atom is -0.488 e. The summed E-state index contributed by atoms with van der Waals surface area (Å²) in [6.07, 6.45) is 4.77. The van der Waals surface area contributed by atoms with Gasteiger partial charge in [0, 0.05) is 11.9 Å². The average molecular weight is 401 g/mol. The largest absolute Gasteiger partial charge is 0.488 e. The highest BCUT2D eigenvalue weighted by Gasteiger charge is 2.20. The number of ether oxygens (including phenoxy) is 1. The van der Waals surface area contributed by atoms with Gasteiger partial charge in [-0.15, -0.1) is 0 Å². The first-order valence-corrected chi connectivity index (χ1v) is 9.97. The zero-order valence-corrected chi connectivity index (χ0v) is 16.7. The van der Waals surface area contributed by atoms with E-state index in [1.165, 1.54) is 19.8 Å². The minimum atomic E-state index is -0.433. The fourth-order valence-corrected chi connectivity index (χ4v) is 3.56. The number of carbonyl (C=O) groups is 2. The van der Waals surface area contributed by atoms with Crippen LogP contribution in [0.5, 0.6) is 5.75 Å². The lowest BCUT2D eigenvalue weighted by Crippen LogP contribution is -2.29. The molecule has 2 amide bonds. The van der Waals surface area contributed by atoms with Crippen LogP contribution >= 0.6 is 11.6 Å². The van der Waals surface area contributed by atoms with Crippen molar-refractivity contribution in [2.75, 3.05) is 5.32 Å². The first kappa shape index (κ1) is 20.2. The summed E-state index contributed by atoms with van der Waals surface area (Å²) in [5.74, 6) is 0.291. The molecule has 0 heterocycles. The van der Waals surface area contributed by atoms with Crippen molar-refractivity contribution in [3.8, 4) is 5.75 Å². The number of rotatable bonds is 7. The molecule has 1 aliphatic rings. The average Bonchev–Trinajstić information content (AvgIpc) is 3.16. The quantitative estimate of drug-likeness (QED) is 0.696. The molecule has 0 saturated heterocycles. The Labute approximate surface area is 170 Å². The maximum Gasteiger partial charge on any atom is 0.226 e. The Balaban J connectivity index is 1.69. The molecule has 28 heavy (non-hydrogen) atoms. The first-order valence-electron chi connectivity index (χ1n) is 9.59. The number of para-hydroxylation sites is 2. The van der Waals surface area contributed by atoms with E-state index >= 15 is 0 Å². The molecule has 148 valence electrons. The molecule has 6 heteroatoms. The van der Waals surface area contributed by atoms with Gasteiger partial charge >= 0.3 is 0 Å². The Morgan fingerprint density at radius 3 is 2.46 bits per heavy atom. The maximum atomic E-state index is 12.7. The SMILES string of the molecule is CC(=O)NC(CC(=O)Nc1ccccc1OC1CCCC1)c1ccc(Cl)cc1. The van der Waals surface area contributed by atoms with Crippen LogP contribution < -0.4 is 15.4 Å². The van der Waals surface area contributed by atoms with E-state index in [1.54, 1.807) is 12.1 Å². The van der Waals surface area contributed by atoms with E-state index < -0.39 is 6.04 Å². The van der Waals surface area contributed by atoms with Gasteiger partial charge in [0.25, 0.3) is 0 Å². The molecule has 0 radical (unpaired) electrons. The molecule has 3 rings (SSSR count). The van der Waals surface area contributed by atoms with Crippen LogP contribution in [0.25, 0.3) is 0 Å². The Morgan fingerprint density at radius 1 is 1.11 bits per heavy atom. The van der Waals surface area contributed by atoms with Crippen molar-refractivity contribution in [1.29, 1.82) is 0 Å². The lowest BCUT2D eigenvalue weighted by atomic mass is 10.0. The monoisotopic (exact) mass is 400 g/mol. The second kappa shape index (κ2) is 9.60. The molecular weight excluding hydrogens is 376 g/mol. The number of benzene rings is 2. The molecule has 1 saturated carbocycles. The number of hydrogen-bond donors (Lipinski definition) is 2. The van der Waals surface area contributed by atoms with E-state index in [9.17, 15) is 9.59 Å². The number of hydrogen-bond acceptors (Lipinski definition) is 3. The van der Waals surface area contributed by atoms with Crippen LogP contribution in [0.2, 0.25) is 5.02 Å². The second-order valence-electron chi connectivity index (χ2n) is 7.08. The molecule has 2 aromatic carbocycles. The third kappa shape index (κ3) is 5.73. The van der Waals surface area contributed by atoms with Crippen molar-refractivity contribution in [3.05, 3.63) is 59.1 Å². The van der Waals surface area contributed by atoms with E-state index in [-0.39, 0.29) is 24.3 Å². The van der Waals surface area contributed by atoms with Crippen LogP contribution in [0.3, 0.4) is 0 Å². The van der Waals surface area contributed by atoms with Gasteiger partial charge in [0.15, 0.2) is 0 Å². The number of anilines is 1. The Morgan fingerprint density at radius 2 is 1.79 bits per heavy atom. The lowest BCUT2D eigenvalue weighted by molar-refractivity contribution is -0.120. The van der Waals surface area contributed by atoms with Crippen molar-refractivity contribution in [2.45, 2.75) is 51.2 Å². The Hall–Kier alpha value is -2.53. The van der Waals surface area contributed by atoms with Gasteiger partial charge in [-0.1, -0.05) is 35.9 Å². The standard InChI is InChI=1S/C22H25ClN2O3/c1-15(26)24-20(16-10-12-17(23)13-11-16)14-22(27)25-19-8-4-5-9-21(19)28-18-6-2-3-7-18/h4-5,8-13,18,20H,2-3,6-7,14H2,1H3,(H,24,26)(H,25,27). The Kier molecular flexibility index (Phi) is 6.93. The number of amides is 2. The van der Waals surface area contributed by atoms with Crippen LogP contribution in [-0.4, -0.2) is 17.9 Å². The molecule has 0 aliphatic heterocycles. The van der Waals surface area contributed by atoms with Gasteiger partial charge in [-0.2, -0.15) is 0 Å². The van der Waals surface area contributed by atoms with Gasteiger partial charge in [0.1, 0.15) is 5.75 Å². The molecule has 0 aromatic heterocycles. The van der Waals surface area contributed by atoms with Crippen molar-refractivity contribution >= 4 is 29.1 Å². The van der Waals surface area contributed by atoms with E-state index in [0.29, 0.717) is 16.5 Å². The Bertz CT molecular complexity index is 817. The third-order valence-corrected chi connectivity index (χ3v) is 5.05. The zero-order chi connectivity index (χ0) is 19.9. The van der Waals surface area contributed by atoms with Crippen LogP contribution in [0, 0.1) is 0 Å². The van der Waals surface area contributed by atoms with Crippen molar-refractivity contribution < 1.29 is 14.3 Å². The molecule has 1 fully saturated rings. The van der Waals surface area contributed by atoms with Crippen LogP contribution in [0.15, 0.2) is 48.5 Å². The fourth-order valence-electron chi connectivity index (χ4n) is 3.44. The first-order chi connectivity index (χ1) is 13.5. The smallest absolute Gasteiger partial charge is 0.226 e. The van der Waals surface area contributed by atoms with Crippen LogP contribution in [-0.2, 0) is 9.59 Å². The van der Waals surface area contributed by atoms with E-state index in [1.807, 2.05) is 36.4 Å². The third-order valence-electron chi connectivity index (χ3n) is 4.80. The summed E-state index contributed by atoms with van der Waals surface area (Å²) >= 11 is 5.94. The number of nitrogens with one attached hydrogen (secondary N) is 2. The summed E-state index contributed by atoms with van der Waals surface area (Å²) in [6.45, 7) is 1.44. The molecule has 1 atom stereocenters. The molecule has 1 unspecified atom stereocenters. The molecule has 2 N–H and O–H groups in total. The molecule has 0 spiro atoms. The zero-order valence-electron chi connectivity index (χ0n) is 15.9. The minimum absolute atomic E-state index is 0.110. The number of halogens is 1. The molecule has 2 aromatic rings. The van der Waals surface area contributed by atoms with Gasteiger partial charge in [-0.25, -0.2) is 0 Å². The van der Waals surface area contributed by atoms with Gasteiger partial charge in [0.05, 0.1) is 24.3 Å². The number of carbonyl (C=O) groups excluding carboxylic acids is 2. The van der Waals surface area contributed by atoms with E-state index in [0.717, 1.165) is 18.4 Å². The fraction of sp³-hybridized carbons (Fsp3) is 0.364. The highest BCUT2D eigenvalue weighted by atomic mass is 35.5. The predicted octanol–water partition coefficient (Wildman–Crippen LogP) is 4.87. The second-order valence-corrected chi connectivity index (χ2v) is 7.51. The van der Waals surface area contributed by atoms with Crippen LogP contribution in [0.4, 0.5) is 5.69 Å². The molecular formula is C22H25ClN2O3. The highest BCUT2D eigenvalue weighted by Crippen LogP contribution is 2.30. The van der Waals surface area contributed by atoms with E-state index in [2.05, 4.69) is 10.6 Å². The van der Waals surface area contributed by atoms with Gasteiger partial charge in [-0.3, -0.25) is 9.59 Å². The van der Waals surface area contributed by atoms with Crippen LogP contribution in [0.1, 0.15) is 50.6 Å². The summed E-state index contributed by atoms with van der Waals surface area (Å²) in [5.41, 5.74) is 1.47. The summed E-state index contributed by atoms with van der Waals surface area (Å²) in [5, 5.41) is 6.36. The topological polar surface area (TPSA) is 67.4 Å². The van der Waals surface area contributed by atoms with Gasteiger partial charge in [0.2, 0.25) is 11.8 Å². The highest BCUT2D eigenvalue weighted by molar-refractivity contribution is 6.30. The van der Waals surface area contributed by atoms with Gasteiger partial charge < -0.3 is 15.4 Å². The normalized spacial score (nSPS) is 15.1. The summed E-state index contributed by atoms with van der Waals surface area (Å²) in [4.78, 5) is 24.3. The summed E-state index contributed by atoms with van der Waals surface area (Å²) in [7, 11) is 0. The maximum absolute atomic E-state index is 12.7. The summed E-state index contributed by atoms with van der Waals surface area (Å²) < 4.78 is 6.08. The van der Waals surface area contributed by atoms with Crippen molar-refractivity contribution in [3.63, 3.8) is 0 Å². The molecule has 1 aliphatic carbocycles. The molecule has 0 bridgehead atoms. The predicted molar refractivity (Wildman–Crippen MR) is 111 cm³/mol.